The molecule has 1 heterocycles. The number of amides is 1. The Morgan fingerprint density at radius 2 is 1.96 bits per heavy atom. The summed E-state index contributed by atoms with van der Waals surface area (Å²) in [6, 6.07) is 8.70. The second-order valence-corrected chi connectivity index (χ2v) is 8.38. The molecule has 1 aromatic carbocycles. The van der Waals surface area contributed by atoms with E-state index in [1.54, 1.807) is 13.1 Å². The standard InChI is InChI=1S/C17H23ClN4O3S/c1-19-26(24,25)12-9-15(22(4)11-12)17(23)20-10-16(21(2)3)13-7-5-6-8-14(13)18/h5-9,11,16,19H,10H2,1-4H3,(H,20,23). The van der Waals surface area contributed by atoms with Crippen molar-refractivity contribution < 1.29 is 13.2 Å². The third-order valence-electron chi connectivity index (χ3n) is 4.14. The van der Waals surface area contributed by atoms with Crippen molar-refractivity contribution in [3.63, 3.8) is 0 Å². The smallest absolute Gasteiger partial charge is 0.268 e. The molecular formula is C17H23ClN4O3S. The monoisotopic (exact) mass is 398 g/mol. The van der Waals surface area contributed by atoms with E-state index in [9.17, 15) is 13.2 Å². The van der Waals surface area contributed by atoms with E-state index in [0.717, 1.165) is 5.56 Å². The summed E-state index contributed by atoms with van der Waals surface area (Å²) in [7, 11) is 3.16. The van der Waals surface area contributed by atoms with Crippen LogP contribution in [0.5, 0.6) is 0 Å². The van der Waals surface area contributed by atoms with Crippen LogP contribution in [0.4, 0.5) is 0 Å². The Kier molecular flexibility index (Phi) is 6.46. The number of likely N-dealkylation sites (N-methyl/N-ethyl adjacent to an activating group) is 1. The molecule has 0 aliphatic heterocycles. The SMILES string of the molecule is CNS(=O)(=O)c1cc(C(=O)NCC(c2ccccc2Cl)N(C)C)n(C)c1. The molecule has 2 N–H and O–H groups in total. The van der Waals surface area contributed by atoms with E-state index < -0.39 is 10.0 Å². The van der Waals surface area contributed by atoms with Crippen LogP contribution in [0, 0.1) is 0 Å². The Morgan fingerprint density at radius 3 is 2.54 bits per heavy atom. The van der Waals surface area contributed by atoms with Crippen molar-refractivity contribution in [2.75, 3.05) is 27.7 Å². The average Bonchev–Trinajstić information content (AvgIpc) is 2.99. The van der Waals surface area contributed by atoms with E-state index in [4.69, 9.17) is 11.6 Å². The molecule has 0 radical (unpaired) electrons. The van der Waals surface area contributed by atoms with Gasteiger partial charge in [-0.15, -0.1) is 0 Å². The van der Waals surface area contributed by atoms with Crippen LogP contribution < -0.4 is 10.0 Å². The molecule has 9 heteroatoms. The molecule has 26 heavy (non-hydrogen) atoms. The maximum absolute atomic E-state index is 12.5. The third kappa shape index (κ3) is 4.45. The fraction of sp³-hybridized carbons (Fsp3) is 0.353. The van der Waals surface area contributed by atoms with E-state index in [1.807, 2.05) is 37.2 Å². The number of sulfonamides is 1. The number of aromatic nitrogens is 1. The van der Waals surface area contributed by atoms with Gasteiger partial charge in [-0.25, -0.2) is 13.1 Å². The van der Waals surface area contributed by atoms with Gasteiger partial charge in [-0.05, 0) is 38.8 Å². The summed E-state index contributed by atoms with van der Waals surface area (Å²) in [5, 5.41) is 3.48. The lowest BCUT2D eigenvalue weighted by Crippen LogP contribution is -2.35. The summed E-state index contributed by atoms with van der Waals surface area (Å²) in [5.41, 5.74) is 1.17. The zero-order valence-corrected chi connectivity index (χ0v) is 16.7. The van der Waals surface area contributed by atoms with Gasteiger partial charge in [-0.2, -0.15) is 0 Å². The van der Waals surface area contributed by atoms with E-state index >= 15 is 0 Å². The van der Waals surface area contributed by atoms with Crippen molar-refractivity contribution in [3.8, 4) is 0 Å². The van der Waals surface area contributed by atoms with Crippen molar-refractivity contribution in [2.45, 2.75) is 10.9 Å². The van der Waals surface area contributed by atoms with Gasteiger partial charge in [0.15, 0.2) is 0 Å². The summed E-state index contributed by atoms with van der Waals surface area (Å²) in [6.45, 7) is 0.328. The fourth-order valence-electron chi connectivity index (χ4n) is 2.62. The van der Waals surface area contributed by atoms with Gasteiger partial charge in [-0.1, -0.05) is 29.8 Å². The highest BCUT2D eigenvalue weighted by atomic mass is 35.5. The van der Waals surface area contributed by atoms with Crippen LogP contribution in [0.2, 0.25) is 5.02 Å². The Morgan fingerprint density at radius 1 is 1.31 bits per heavy atom. The summed E-state index contributed by atoms with van der Waals surface area (Å²) in [4.78, 5) is 14.5. The summed E-state index contributed by atoms with van der Waals surface area (Å²) in [5.74, 6) is -0.357. The first-order valence-corrected chi connectivity index (χ1v) is 9.82. The van der Waals surface area contributed by atoms with Crippen LogP contribution in [0.1, 0.15) is 22.1 Å². The van der Waals surface area contributed by atoms with Gasteiger partial charge < -0.3 is 14.8 Å². The van der Waals surface area contributed by atoms with Crippen molar-refractivity contribution in [3.05, 3.63) is 52.8 Å². The minimum Gasteiger partial charge on any atom is -0.349 e. The molecule has 1 atom stereocenters. The highest BCUT2D eigenvalue weighted by Gasteiger charge is 2.21. The summed E-state index contributed by atoms with van der Waals surface area (Å²) < 4.78 is 27.5. The van der Waals surface area contributed by atoms with Gasteiger partial charge in [-0.3, -0.25) is 4.79 Å². The first kappa shape index (κ1) is 20.4. The summed E-state index contributed by atoms with van der Waals surface area (Å²) in [6.07, 6.45) is 1.40. The van der Waals surface area contributed by atoms with Crippen LogP contribution in [-0.2, 0) is 17.1 Å². The Hall–Kier alpha value is -1.87. The number of nitrogens with zero attached hydrogens (tertiary/aromatic N) is 2. The second kappa shape index (κ2) is 8.22. The molecule has 0 spiro atoms. The minimum atomic E-state index is -3.60. The number of carbonyl (C=O) groups excluding carboxylic acids is 1. The van der Waals surface area contributed by atoms with Gasteiger partial charge in [0.05, 0.1) is 6.04 Å². The largest absolute Gasteiger partial charge is 0.349 e. The van der Waals surface area contributed by atoms with Gasteiger partial charge in [0, 0.05) is 24.8 Å². The highest BCUT2D eigenvalue weighted by Crippen LogP contribution is 2.25. The molecule has 0 fully saturated rings. The zero-order valence-electron chi connectivity index (χ0n) is 15.2. The Bertz CT molecular complexity index is 893. The minimum absolute atomic E-state index is 0.0444. The molecule has 1 aromatic heterocycles. The van der Waals surface area contributed by atoms with Crippen molar-refractivity contribution in [1.82, 2.24) is 19.5 Å². The number of carbonyl (C=O) groups is 1. The molecule has 7 nitrogen and oxygen atoms in total. The Balaban J connectivity index is 2.18. The zero-order chi connectivity index (χ0) is 19.5. The number of aryl methyl sites for hydroxylation is 1. The van der Waals surface area contributed by atoms with E-state index in [2.05, 4.69) is 10.0 Å². The van der Waals surface area contributed by atoms with Crippen LogP contribution in [-0.4, -0.2) is 51.5 Å². The third-order valence-corrected chi connectivity index (χ3v) is 5.86. The van der Waals surface area contributed by atoms with Gasteiger partial charge >= 0.3 is 0 Å². The number of benzene rings is 1. The molecule has 0 bridgehead atoms. The Labute approximate surface area is 159 Å². The lowest BCUT2D eigenvalue weighted by molar-refractivity contribution is 0.0933. The topological polar surface area (TPSA) is 83.4 Å². The average molecular weight is 399 g/mol. The van der Waals surface area contributed by atoms with Crippen LogP contribution in [0.25, 0.3) is 0 Å². The molecule has 0 saturated carbocycles. The fourth-order valence-corrected chi connectivity index (χ4v) is 3.68. The normalized spacial score (nSPS) is 13.0. The van der Waals surface area contributed by atoms with Crippen LogP contribution >= 0.6 is 11.6 Å². The predicted octanol–water partition coefficient (Wildman–Crippen LogP) is 1.62. The molecule has 142 valence electrons. The number of rotatable bonds is 7. The molecule has 1 unspecified atom stereocenters. The number of hydrogen-bond acceptors (Lipinski definition) is 4. The van der Waals surface area contributed by atoms with E-state index in [0.29, 0.717) is 11.6 Å². The van der Waals surface area contributed by atoms with Crippen LogP contribution in [0.15, 0.2) is 41.4 Å². The maximum Gasteiger partial charge on any atom is 0.268 e. The highest BCUT2D eigenvalue weighted by molar-refractivity contribution is 7.89. The second-order valence-electron chi connectivity index (χ2n) is 6.09. The lowest BCUT2D eigenvalue weighted by Gasteiger charge is -2.26. The van der Waals surface area contributed by atoms with Gasteiger partial charge in [0.1, 0.15) is 10.6 Å². The van der Waals surface area contributed by atoms with Crippen LogP contribution in [0.3, 0.4) is 0 Å². The molecule has 2 aromatic rings. The molecule has 0 aliphatic rings. The number of halogens is 1. The summed E-state index contributed by atoms with van der Waals surface area (Å²) >= 11 is 6.27. The maximum atomic E-state index is 12.5. The van der Waals surface area contributed by atoms with Crippen molar-refractivity contribution >= 4 is 27.5 Å². The van der Waals surface area contributed by atoms with E-state index in [-0.39, 0.29) is 22.5 Å². The molecular weight excluding hydrogens is 376 g/mol. The number of nitrogens with one attached hydrogen (secondary N) is 2. The first-order chi connectivity index (χ1) is 12.2. The van der Waals surface area contributed by atoms with Crippen molar-refractivity contribution in [1.29, 1.82) is 0 Å². The van der Waals surface area contributed by atoms with Gasteiger partial charge in [0.25, 0.3) is 5.91 Å². The lowest BCUT2D eigenvalue weighted by atomic mass is 10.1. The first-order valence-electron chi connectivity index (χ1n) is 7.96. The van der Waals surface area contributed by atoms with Gasteiger partial charge in [0.2, 0.25) is 10.0 Å². The van der Waals surface area contributed by atoms with Crippen molar-refractivity contribution in [2.24, 2.45) is 7.05 Å². The molecule has 0 aliphatic carbocycles. The molecule has 2 rings (SSSR count). The molecule has 1 amide bonds. The number of hydrogen-bond donors (Lipinski definition) is 2. The molecule has 0 saturated heterocycles. The quantitative estimate of drug-likeness (QED) is 0.742. The van der Waals surface area contributed by atoms with E-state index in [1.165, 1.54) is 23.9 Å². The predicted molar refractivity (Wildman–Crippen MR) is 102 cm³/mol.